The molecule has 0 saturated carbocycles. The molecule has 0 amide bonds. The summed E-state index contributed by atoms with van der Waals surface area (Å²) in [6, 6.07) is 0. The Kier molecular flexibility index (Phi) is 2.68. The van der Waals surface area contributed by atoms with Gasteiger partial charge >= 0.3 is 0 Å². The number of aliphatic hydroxyl groups is 1. The van der Waals surface area contributed by atoms with Crippen molar-refractivity contribution in [1.29, 1.82) is 0 Å². The summed E-state index contributed by atoms with van der Waals surface area (Å²) >= 11 is 0. The molecule has 1 heterocycles. The van der Waals surface area contributed by atoms with Crippen LogP contribution >= 0.6 is 0 Å². The lowest BCUT2D eigenvalue weighted by Crippen LogP contribution is -2.37. The fraction of sp³-hybridized carbons (Fsp3) is 0.800. The molecular formula is C10H19NO2. The van der Waals surface area contributed by atoms with E-state index in [4.69, 9.17) is 10.5 Å². The lowest BCUT2D eigenvalue weighted by Gasteiger charge is -2.28. The highest BCUT2D eigenvalue weighted by molar-refractivity contribution is 5.03. The summed E-state index contributed by atoms with van der Waals surface area (Å²) < 4.78 is 5.74. The summed E-state index contributed by atoms with van der Waals surface area (Å²) in [5.74, 6) is 0. The highest BCUT2D eigenvalue weighted by Crippen LogP contribution is 2.35. The molecule has 0 spiro atoms. The van der Waals surface area contributed by atoms with E-state index in [1.54, 1.807) is 13.8 Å². The van der Waals surface area contributed by atoms with E-state index < -0.39 is 5.60 Å². The van der Waals surface area contributed by atoms with Crippen molar-refractivity contribution in [1.82, 2.24) is 0 Å². The van der Waals surface area contributed by atoms with Crippen molar-refractivity contribution in [2.75, 3.05) is 0 Å². The Morgan fingerprint density at radius 2 is 2.23 bits per heavy atom. The van der Waals surface area contributed by atoms with Gasteiger partial charge in [-0.15, -0.1) is 0 Å². The fourth-order valence-electron chi connectivity index (χ4n) is 1.68. The normalized spacial score (nSPS) is 35.8. The first kappa shape index (κ1) is 10.5. The van der Waals surface area contributed by atoms with Gasteiger partial charge in [0.05, 0.1) is 17.3 Å². The van der Waals surface area contributed by atoms with Gasteiger partial charge in [0.1, 0.15) is 0 Å². The van der Waals surface area contributed by atoms with Crippen molar-refractivity contribution in [3.05, 3.63) is 12.3 Å². The Morgan fingerprint density at radius 3 is 2.62 bits per heavy atom. The molecule has 13 heavy (non-hydrogen) atoms. The summed E-state index contributed by atoms with van der Waals surface area (Å²) in [4.78, 5) is 0. The van der Waals surface area contributed by atoms with E-state index in [9.17, 15) is 5.11 Å². The Balaban J connectivity index is 2.63. The van der Waals surface area contributed by atoms with Crippen LogP contribution in [0.3, 0.4) is 0 Å². The largest absolute Gasteiger partial charge is 0.405 e. The van der Waals surface area contributed by atoms with E-state index >= 15 is 0 Å². The third-order valence-electron chi connectivity index (χ3n) is 2.55. The van der Waals surface area contributed by atoms with E-state index in [1.165, 1.54) is 6.20 Å². The summed E-state index contributed by atoms with van der Waals surface area (Å²) in [6.45, 7) is 5.53. The average Bonchev–Trinajstić information content (AvgIpc) is 2.31. The summed E-state index contributed by atoms with van der Waals surface area (Å²) in [5, 5.41) is 9.74. The van der Waals surface area contributed by atoms with Crippen LogP contribution in [0.2, 0.25) is 0 Å². The van der Waals surface area contributed by atoms with Crippen LogP contribution < -0.4 is 5.73 Å². The topological polar surface area (TPSA) is 55.5 Å². The van der Waals surface area contributed by atoms with Crippen LogP contribution in [0, 0.1) is 0 Å². The Morgan fingerprint density at radius 1 is 1.62 bits per heavy atom. The maximum Gasteiger partial charge on any atom is 0.0869 e. The van der Waals surface area contributed by atoms with Crippen molar-refractivity contribution in [2.45, 2.75) is 50.9 Å². The molecule has 3 N–H and O–H groups in total. The van der Waals surface area contributed by atoms with Crippen LogP contribution in [-0.4, -0.2) is 22.4 Å². The van der Waals surface area contributed by atoms with Gasteiger partial charge < -0.3 is 15.6 Å². The van der Waals surface area contributed by atoms with Crippen molar-refractivity contribution in [2.24, 2.45) is 5.73 Å². The number of rotatable bonds is 2. The van der Waals surface area contributed by atoms with Gasteiger partial charge in [0, 0.05) is 0 Å². The minimum absolute atomic E-state index is 0.0892. The standard InChI is InChI=1S/C10H19NO2/c1-9(2,12)8-4-5-10(3,13-8)6-7-11/h6-8,12H,4-5,11H2,1-3H3/b7-6+. The first-order valence-electron chi connectivity index (χ1n) is 4.67. The molecule has 1 fully saturated rings. The molecule has 0 bridgehead atoms. The van der Waals surface area contributed by atoms with Crippen LogP contribution in [0.25, 0.3) is 0 Å². The molecule has 0 aromatic heterocycles. The quantitative estimate of drug-likeness (QED) is 0.679. The summed E-state index contributed by atoms with van der Waals surface area (Å²) in [5.41, 5.74) is 4.27. The Labute approximate surface area is 79.6 Å². The van der Waals surface area contributed by atoms with Crippen molar-refractivity contribution in [3.8, 4) is 0 Å². The van der Waals surface area contributed by atoms with Crippen LogP contribution in [0.15, 0.2) is 12.3 Å². The van der Waals surface area contributed by atoms with Gasteiger partial charge in [-0.25, -0.2) is 0 Å². The van der Waals surface area contributed by atoms with Crippen LogP contribution in [0.5, 0.6) is 0 Å². The van der Waals surface area contributed by atoms with Gasteiger partial charge in [-0.2, -0.15) is 0 Å². The third-order valence-corrected chi connectivity index (χ3v) is 2.55. The summed E-state index contributed by atoms with van der Waals surface area (Å²) in [6.07, 6.45) is 5.05. The van der Waals surface area contributed by atoms with Crippen molar-refractivity contribution < 1.29 is 9.84 Å². The fourth-order valence-corrected chi connectivity index (χ4v) is 1.68. The second-order valence-electron chi connectivity index (χ2n) is 4.47. The monoisotopic (exact) mass is 185 g/mol. The minimum atomic E-state index is -0.764. The second kappa shape index (κ2) is 3.31. The average molecular weight is 185 g/mol. The first-order valence-corrected chi connectivity index (χ1v) is 4.67. The molecular weight excluding hydrogens is 166 g/mol. The van der Waals surface area contributed by atoms with Crippen molar-refractivity contribution >= 4 is 0 Å². The predicted octanol–water partition coefficient (Wildman–Crippen LogP) is 1.17. The number of hydrogen-bond acceptors (Lipinski definition) is 3. The molecule has 1 aliphatic heterocycles. The molecule has 76 valence electrons. The van der Waals surface area contributed by atoms with Gasteiger partial charge in [-0.1, -0.05) is 0 Å². The first-order chi connectivity index (χ1) is 5.87. The maximum atomic E-state index is 9.74. The number of hydrogen-bond donors (Lipinski definition) is 2. The van der Waals surface area contributed by atoms with E-state index in [2.05, 4.69) is 0 Å². The van der Waals surface area contributed by atoms with Crippen LogP contribution in [0.1, 0.15) is 33.6 Å². The van der Waals surface area contributed by atoms with Gasteiger partial charge in [0.2, 0.25) is 0 Å². The predicted molar refractivity (Wildman–Crippen MR) is 52.1 cm³/mol. The molecule has 0 aromatic carbocycles. The minimum Gasteiger partial charge on any atom is -0.405 e. The lowest BCUT2D eigenvalue weighted by molar-refractivity contribution is -0.0998. The third kappa shape index (κ3) is 2.45. The smallest absolute Gasteiger partial charge is 0.0869 e. The zero-order valence-electron chi connectivity index (χ0n) is 8.58. The second-order valence-corrected chi connectivity index (χ2v) is 4.47. The molecule has 1 aliphatic rings. The molecule has 0 aromatic rings. The van der Waals surface area contributed by atoms with Crippen LogP contribution in [0.4, 0.5) is 0 Å². The van der Waals surface area contributed by atoms with Gasteiger partial charge in [0.25, 0.3) is 0 Å². The SMILES string of the molecule is CC1(/C=C/N)CCC(C(C)(C)O)O1. The lowest BCUT2D eigenvalue weighted by atomic mass is 9.97. The molecule has 1 rings (SSSR count). The molecule has 2 unspecified atom stereocenters. The Hall–Kier alpha value is -0.540. The highest BCUT2D eigenvalue weighted by atomic mass is 16.5. The zero-order valence-corrected chi connectivity index (χ0v) is 8.58. The zero-order chi connectivity index (χ0) is 10.1. The van der Waals surface area contributed by atoms with Gasteiger partial charge in [0.15, 0.2) is 0 Å². The maximum absolute atomic E-state index is 9.74. The van der Waals surface area contributed by atoms with Crippen LogP contribution in [-0.2, 0) is 4.74 Å². The Bertz CT molecular complexity index is 207. The highest BCUT2D eigenvalue weighted by Gasteiger charge is 2.40. The molecule has 3 heteroatoms. The van der Waals surface area contributed by atoms with E-state index in [-0.39, 0.29) is 11.7 Å². The van der Waals surface area contributed by atoms with E-state index in [1.807, 2.05) is 13.0 Å². The molecule has 3 nitrogen and oxygen atoms in total. The molecule has 2 atom stereocenters. The summed E-state index contributed by atoms with van der Waals surface area (Å²) in [7, 11) is 0. The van der Waals surface area contributed by atoms with Gasteiger partial charge in [-0.05, 0) is 45.9 Å². The molecule has 1 saturated heterocycles. The van der Waals surface area contributed by atoms with E-state index in [0.717, 1.165) is 12.8 Å². The van der Waals surface area contributed by atoms with Crippen molar-refractivity contribution in [3.63, 3.8) is 0 Å². The molecule has 0 aliphatic carbocycles. The number of nitrogens with two attached hydrogens (primary N) is 1. The van der Waals surface area contributed by atoms with E-state index in [0.29, 0.717) is 0 Å². The molecule has 0 radical (unpaired) electrons. The van der Waals surface area contributed by atoms with Gasteiger partial charge in [-0.3, -0.25) is 0 Å². The number of ether oxygens (including phenoxy) is 1.